The van der Waals surface area contributed by atoms with Gasteiger partial charge in [-0.05, 0) is 18.2 Å². The lowest BCUT2D eigenvalue weighted by Gasteiger charge is -2.15. The number of aromatic hydroxyl groups is 1. The lowest BCUT2D eigenvalue weighted by Crippen LogP contribution is -2.30. The van der Waals surface area contributed by atoms with Crippen LogP contribution >= 0.6 is 0 Å². The van der Waals surface area contributed by atoms with Crippen LogP contribution in [0.2, 0.25) is 0 Å². The summed E-state index contributed by atoms with van der Waals surface area (Å²) in [4.78, 5) is 0. The Hall–Kier alpha value is -1.30. The molecular weight excluding hydrogens is 182 g/mol. The standard InChI is InChI=1S/C9H15N3O2/c10-6-1-2-8(14)7(5-6)9(11)12-3-4-13/h1-2,5,9,12-14H,3-4,10-11H2. The Morgan fingerprint density at radius 1 is 1.43 bits per heavy atom. The van der Waals surface area contributed by atoms with Crippen molar-refractivity contribution in [1.29, 1.82) is 0 Å². The maximum absolute atomic E-state index is 9.47. The molecule has 0 heterocycles. The van der Waals surface area contributed by atoms with E-state index < -0.39 is 6.17 Å². The zero-order valence-electron chi connectivity index (χ0n) is 7.77. The quantitative estimate of drug-likeness (QED) is 0.254. The van der Waals surface area contributed by atoms with Crippen molar-refractivity contribution in [2.24, 2.45) is 5.73 Å². The van der Waals surface area contributed by atoms with Gasteiger partial charge in [0.15, 0.2) is 0 Å². The molecule has 0 spiro atoms. The van der Waals surface area contributed by atoms with Crippen molar-refractivity contribution in [1.82, 2.24) is 5.32 Å². The average molecular weight is 197 g/mol. The summed E-state index contributed by atoms with van der Waals surface area (Å²) in [6.07, 6.45) is -0.523. The molecule has 0 aliphatic heterocycles. The summed E-state index contributed by atoms with van der Waals surface area (Å²) in [5.74, 6) is 0.0946. The second kappa shape index (κ2) is 4.80. The molecule has 14 heavy (non-hydrogen) atoms. The molecule has 0 amide bonds. The van der Waals surface area contributed by atoms with E-state index in [1.54, 1.807) is 12.1 Å². The Kier molecular flexibility index (Phi) is 3.70. The number of nitrogens with one attached hydrogen (secondary N) is 1. The van der Waals surface area contributed by atoms with Crippen LogP contribution in [0.15, 0.2) is 18.2 Å². The first-order chi connectivity index (χ1) is 6.65. The molecule has 5 heteroatoms. The van der Waals surface area contributed by atoms with E-state index in [1.165, 1.54) is 6.07 Å². The van der Waals surface area contributed by atoms with E-state index in [0.29, 0.717) is 17.8 Å². The van der Waals surface area contributed by atoms with Gasteiger partial charge in [-0.25, -0.2) is 0 Å². The first kappa shape index (κ1) is 10.8. The largest absolute Gasteiger partial charge is 0.508 e. The van der Waals surface area contributed by atoms with Crippen molar-refractivity contribution in [2.45, 2.75) is 6.17 Å². The molecule has 5 nitrogen and oxygen atoms in total. The maximum atomic E-state index is 9.47. The Morgan fingerprint density at radius 2 is 2.14 bits per heavy atom. The van der Waals surface area contributed by atoms with Gasteiger partial charge in [-0.3, -0.25) is 5.32 Å². The van der Waals surface area contributed by atoms with Gasteiger partial charge in [0, 0.05) is 17.8 Å². The lowest BCUT2D eigenvalue weighted by molar-refractivity contribution is 0.284. The number of phenolic OH excluding ortho intramolecular Hbond substituents is 1. The molecule has 1 atom stereocenters. The molecule has 78 valence electrons. The maximum Gasteiger partial charge on any atom is 0.121 e. The second-order valence-corrected chi connectivity index (χ2v) is 2.97. The fourth-order valence-corrected chi connectivity index (χ4v) is 1.15. The number of aliphatic hydroxyl groups excluding tert-OH is 1. The van der Waals surface area contributed by atoms with Gasteiger partial charge in [-0.1, -0.05) is 0 Å². The van der Waals surface area contributed by atoms with E-state index in [9.17, 15) is 5.11 Å². The van der Waals surface area contributed by atoms with Crippen molar-refractivity contribution in [3.8, 4) is 5.75 Å². The molecule has 7 N–H and O–H groups in total. The fourth-order valence-electron chi connectivity index (χ4n) is 1.15. The Morgan fingerprint density at radius 3 is 2.79 bits per heavy atom. The van der Waals surface area contributed by atoms with Crippen LogP contribution in [0.4, 0.5) is 5.69 Å². The first-order valence-electron chi connectivity index (χ1n) is 4.33. The summed E-state index contributed by atoms with van der Waals surface area (Å²) in [5, 5.41) is 20.9. The van der Waals surface area contributed by atoms with Crippen LogP contribution in [-0.2, 0) is 0 Å². The molecule has 0 aromatic heterocycles. The van der Waals surface area contributed by atoms with Gasteiger partial charge in [0.2, 0.25) is 0 Å². The third-order valence-corrected chi connectivity index (χ3v) is 1.86. The van der Waals surface area contributed by atoms with Gasteiger partial charge in [-0.15, -0.1) is 0 Å². The van der Waals surface area contributed by atoms with Crippen molar-refractivity contribution in [3.63, 3.8) is 0 Å². The SMILES string of the molecule is Nc1ccc(O)c(C(N)NCCO)c1. The molecule has 0 aliphatic carbocycles. The summed E-state index contributed by atoms with van der Waals surface area (Å²) < 4.78 is 0. The predicted octanol–water partition coefficient (Wildman–Crippen LogP) is -0.486. The third-order valence-electron chi connectivity index (χ3n) is 1.86. The number of aliphatic hydroxyl groups is 1. The van der Waals surface area contributed by atoms with E-state index in [2.05, 4.69) is 5.32 Å². The highest BCUT2D eigenvalue weighted by Crippen LogP contribution is 2.23. The molecule has 1 aromatic carbocycles. The average Bonchev–Trinajstić information content (AvgIpc) is 2.18. The summed E-state index contributed by atoms with van der Waals surface area (Å²) >= 11 is 0. The van der Waals surface area contributed by atoms with E-state index in [-0.39, 0.29) is 12.4 Å². The first-order valence-corrected chi connectivity index (χ1v) is 4.33. The second-order valence-electron chi connectivity index (χ2n) is 2.97. The number of phenols is 1. The van der Waals surface area contributed by atoms with Crippen LogP contribution in [0.3, 0.4) is 0 Å². The van der Waals surface area contributed by atoms with Crippen LogP contribution < -0.4 is 16.8 Å². The number of benzene rings is 1. The van der Waals surface area contributed by atoms with Crippen LogP contribution in [0, 0.1) is 0 Å². The van der Waals surface area contributed by atoms with Crippen molar-refractivity contribution >= 4 is 5.69 Å². The third kappa shape index (κ3) is 2.59. The van der Waals surface area contributed by atoms with E-state index >= 15 is 0 Å². The van der Waals surface area contributed by atoms with E-state index in [4.69, 9.17) is 16.6 Å². The normalized spacial score (nSPS) is 12.7. The highest BCUT2D eigenvalue weighted by molar-refractivity contribution is 5.48. The van der Waals surface area contributed by atoms with Gasteiger partial charge in [0.05, 0.1) is 12.8 Å². The van der Waals surface area contributed by atoms with Gasteiger partial charge in [0.1, 0.15) is 5.75 Å². The number of rotatable bonds is 4. The molecule has 1 aromatic rings. The zero-order valence-corrected chi connectivity index (χ0v) is 7.77. The zero-order chi connectivity index (χ0) is 10.6. The minimum absolute atomic E-state index is 0.00320. The molecular formula is C9H15N3O2. The highest BCUT2D eigenvalue weighted by Gasteiger charge is 2.09. The predicted molar refractivity (Wildman–Crippen MR) is 54.5 cm³/mol. The molecule has 1 rings (SSSR count). The Labute approximate surface area is 82.3 Å². The van der Waals surface area contributed by atoms with Crippen molar-refractivity contribution in [2.75, 3.05) is 18.9 Å². The van der Waals surface area contributed by atoms with Gasteiger partial charge in [0.25, 0.3) is 0 Å². The van der Waals surface area contributed by atoms with Crippen LogP contribution in [0.25, 0.3) is 0 Å². The topological polar surface area (TPSA) is 105 Å². The monoisotopic (exact) mass is 197 g/mol. The summed E-state index contributed by atoms with van der Waals surface area (Å²) in [6.45, 7) is 0.367. The summed E-state index contributed by atoms with van der Waals surface area (Å²) in [5.41, 5.74) is 12.3. The molecule has 0 aliphatic rings. The van der Waals surface area contributed by atoms with Gasteiger partial charge >= 0.3 is 0 Å². The van der Waals surface area contributed by atoms with Gasteiger partial charge < -0.3 is 21.7 Å². The van der Waals surface area contributed by atoms with Crippen molar-refractivity contribution < 1.29 is 10.2 Å². The van der Waals surface area contributed by atoms with Crippen LogP contribution in [-0.4, -0.2) is 23.4 Å². The Bertz CT molecular complexity index is 304. The number of hydrogen-bond acceptors (Lipinski definition) is 5. The van der Waals surface area contributed by atoms with Crippen LogP contribution in [0.5, 0.6) is 5.75 Å². The number of anilines is 1. The smallest absolute Gasteiger partial charge is 0.121 e. The molecule has 1 unspecified atom stereocenters. The number of nitrogens with two attached hydrogens (primary N) is 2. The fraction of sp³-hybridized carbons (Fsp3) is 0.333. The molecule has 0 fully saturated rings. The van der Waals surface area contributed by atoms with E-state index in [0.717, 1.165) is 0 Å². The minimum Gasteiger partial charge on any atom is -0.508 e. The summed E-state index contributed by atoms with van der Waals surface area (Å²) in [6, 6.07) is 4.69. The van der Waals surface area contributed by atoms with Crippen LogP contribution in [0.1, 0.15) is 11.7 Å². The van der Waals surface area contributed by atoms with Gasteiger partial charge in [-0.2, -0.15) is 0 Å². The highest BCUT2D eigenvalue weighted by atomic mass is 16.3. The molecule has 0 radical (unpaired) electrons. The molecule has 0 saturated heterocycles. The van der Waals surface area contributed by atoms with Crippen molar-refractivity contribution in [3.05, 3.63) is 23.8 Å². The summed E-state index contributed by atoms with van der Waals surface area (Å²) in [7, 11) is 0. The minimum atomic E-state index is -0.523. The molecule has 0 bridgehead atoms. The van der Waals surface area contributed by atoms with E-state index in [1.807, 2.05) is 0 Å². The lowest BCUT2D eigenvalue weighted by atomic mass is 10.1. The Balaban J connectivity index is 2.77. The number of nitrogen functional groups attached to an aromatic ring is 1. The molecule has 0 saturated carbocycles. The number of hydrogen-bond donors (Lipinski definition) is 5.